The van der Waals surface area contributed by atoms with Crippen molar-refractivity contribution in [1.82, 2.24) is 4.90 Å². The highest BCUT2D eigenvalue weighted by atomic mass is 16.7. The molecule has 5 N–H and O–H groups in total. The number of ether oxygens (including phenoxy) is 3. The van der Waals surface area contributed by atoms with E-state index >= 15 is 0 Å². The Bertz CT molecular complexity index is 717. The van der Waals surface area contributed by atoms with Crippen LogP contribution in [0.15, 0.2) is 30.3 Å². The molecule has 0 aliphatic rings. The van der Waals surface area contributed by atoms with E-state index < -0.39 is 35.8 Å². The van der Waals surface area contributed by atoms with Gasteiger partial charge in [0.15, 0.2) is 5.96 Å². The summed E-state index contributed by atoms with van der Waals surface area (Å²) in [5.41, 5.74) is 11.1. The summed E-state index contributed by atoms with van der Waals surface area (Å²) in [7, 11) is 0. The largest absolute Gasteiger partial charge is 0.516 e. The highest BCUT2D eigenvalue weighted by Crippen LogP contribution is 2.10. The summed E-state index contributed by atoms with van der Waals surface area (Å²) in [5.74, 6) is -1.44. The Morgan fingerprint density at radius 1 is 1.17 bits per heavy atom. The van der Waals surface area contributed by atoms with Crippen molar-refractivity contribution in [2.75, 3.05) is 6.54 Å². The summed E-state index contributed by atoms with van der Waals surface area (Å²) in [5, 5.41) is 7.53. The van der Waals surface area contributed by atoms with Crippen LogP contribution in [0.3, 0.4) is 0 Å². The Morgan fingerprint density at radius 3 is 2.34 bits per heavy atom. The van der Waals surface area contributed by atoms with E-state index in [2.05, 4.69) is 4.74 Å². The second kappa shape index (κ2) is 11.0. The topological polar surface area (TPSA) is 158 Å². The molecule has 1 rings (SSSR count). The van der Waals surface area contributed by atoms with E-state index in [1.807, 2.05) is 18.2 Å². The van der Waals surface area contributed by atoms with Crippen LogP contribution in [0.4, 0.5) is 9.59 Å². The predicted molar refractivity (Wildman–Crippen MR) is 105 cm³/mol. The Hall–Kier alpha value is -3.14. The number of carbonyl (C=O) groups is 3. The molecule has 0 aliphatic carbocycles. The fraction of sp³-hybridized carbons (Fsp3) is 0.474. The highest BCUT2D eigenvalue weighted by Gasteiger charge is 2.24. The zero-order valence-corrected chi connectivity index (χ0v) is 16.8. The predicted octanol–water partition coefficient (Wildman–Crippen LogP) is 2.10. The van der Waals surface area contributed by atoms with Crippen molar-refractivity contribution in [2.24, 2.45) is 11.5 Å². The van der Waals surface area contributed by atoms with E-state index in [9.17, 15) is 14.4 Å². The molecule has 1 atom stereocenters. The third-order valence-corrected chi connectivity index (χ3v) is 3.49. The van der Waals surface area contributed by atoms with Crippen molar-refractivity contribution >= 4 is 24.2 Å². The first-order valence-corrected chi connectivity index (χ1v) is 9.02. The van der Waals surface area contributed by atoms with E-state index in [1.54, 1.807) is 32.9 Å². The Kier molecular flexibility index (Phi) is 9.07. The summed E-state index contributed by atoms with van der Waals surface area (Å²) in [6, 6.07) is 7.94. The van der Waals surface area contributed by atoms with Crippen molar-refractivity contribution in [3.63, 3.8) is 0 Å². The van der Waals surface area contributed by atoms with Gasteiger partial charge in [-0.25, -0.2) is 19.3 Å². The molecule has 1 amide bonds. The van der Waals surface area contributed by atoms with Crippen LogP contribution < -0.4 is 11.5 Å². The molecule has 0 aliphatic heterocycles. The normalized spacial score (nSPS) is 11.9. The number of rotatable bonds is 7. The summed E-state index contributed by atoms with van der Waals surface area (Å²) < 4.78 is 14.5. The molecule has 0 unspecified atom stereocenters. The van der Waals surface area contributed by atoms with Crippen LogP contribution in [0.25, 0.3) is 0 Å². The first-order chi connectivity index (χ1) is 13.5. The molecule has 0 heterocycles. The lowest BCUT2D eigenvalue weighted by atomic mass is 10.1. The number of hydrogen-bond donors (Lipinski definition) is 3. The number of amides is 1. The van der Waals surface area contributed by atoms with E-state index in [-0.39, 0.29) is 26.0 Å². The monoisotopic (exact) mass is 408 g/mol. The molecule has 0 saturated carbocycles. The minimum atomic E-state index is -1.13. The van der Waals surface area contributed by atoms with E-state index in [1.165, 1.54) is 0 Å². The van der Waals surface area contributed by atoms with Crippen molar-refractivity contribution in [1.29, 1.82) is 5.41 Å². The first kappa shape index (κ1) is 23.9. The summed E-state index contributed by atoms with van der Waals surface area (Å²) >= 11 is 0. The number of nitrogens with two attached hydrogens (primary N) is 2. The molecule has 0 fully saturated rings. The number of nitrogens with one attached hydrogen (secondary N) is 1. The average Bonchev–Trinajstić information content (AvgIpc) is 2.61. The van der Waals surface area contributed by atoms with Gasteiger partial charge in [-0.1, -0.05) is 30.3 Å². The maximum Gasteiger partial charge on any atom is 0.516 e. The lowest BCUT2D eigenvalue weighted by Gasteiger charge is -2.21. The summed E-state index contributed by atoms with van der Waals surface area (Å²) in [4.78, 5) is 36.4. The Balaban J connectivity index is 2.44. The van der Waals surface area contributed by atoms with Gasteiger partial charge in [-0.2, -0.15) is 0 Å². The highest BCUT2D eigenvalue weighted by molar-refractivity contribution is 5.91. The second-order valence-electron chi connectivity index (χ2n) is 7.21. The molecule has 10 nitrogen and oxygen atoms in total. The number of esters is 1. The molecule has 0 spiro atoms. The first-order valence-electron chi connectivity index (χ1n) is 9.02. The third-order valence-electron chi connectivity index (χ3n) is 3.49. The van der Waals surface area contributed by atoms with Crippen LogP contribution >= 0.6 is 0 Å². The Labute approximate surface area is 169 Å². The van der Waals surface area contributed by atoms with Crippen LogP contribution in [0.2, 0.25) is 0 Å². The fourth-order valence-electron chi connectivity index (χ4n) is 2.12. The van der Waals surface area contributed by atoms with Crippen LogP contribution in [0.5, 0.6) is 0 Å². The van der Waals surface area contributed by atoms with Crippen molar-refractivity contribution in [3.05, 3.63) is 35.9 Å². The number of nitrogens with zero attached hydrogens (tertiary/aromatic N) is 1. The van der Waals surface area contributed by atoms with Gasteiger partial charge in [0.25, 0.3) is 0 Å². The summed E-state index contributed by atoms with van der Waals surface area (Å²) in [6.07, 6.45) is -1.60. The van der Waals surface area contributed by atoms with Gasteiger partial charge >= 0.3 is 18.2 Å². The van der Waals surface area contributed by atoms with Gasteiger partial charge < -0.3 is 25.7 Å². The van der Waals surface area contributed by atoms with Crippen LogP contribution in [0, 0.1) is 5.41 Å². The van der Waals surface area contributed by atoms with Crippen molar-refractivity contribution in [3.8, 4) is 0 Å². The van der Waals surface area contributed by atoms with Crippen LogP contribution in [-0.4, -0.2) is 47.3 Å². The van der Waals surface area contributed by atoms with Crippen molar-refractivity contribution in [2.45, 2.75) is 51.9 Å². The van der Waals surface area contributed by atoms with E-state index in [4.69, 9.17) is 26.4 Å². The van der Waals surface area contributed by atoms with Gasteiger partial charge in [-0.15, -0.1) is 0 Å². The summed E-state index contributed by atoms with van der Waals surface area (Å²) in [6.45, 7) is 4.94. The zero-order valence-electron chi connectivity index (χ0n) is 16.8. The molecular weight excluding hydrogens is 380 g/mol. The molecule has 29 heavy (non-hydrogen) atoms. The van der Waals surface area contributed by atoms with E-state index in [0.717, 1.165) is 10.5 Å². The van der Waals surface area contributed by atoms with Crippen molar-refractivity contribution < 1.29 is 28.6 Å². The van der Waals surface area contributed by atoms with Gasteiger partial charge in [0.1, 0.15) is 18.2 Å². The third kappa shape index (κ3) is 9.56. The minimum Gasteiger partial charge on any atom is -0.444 e. The molecule has 1 aromatic carbocycles. The van der Waals surface area contributed by atoms with Gasteiger partial charge in [0.05, 0.1) is 0 Å². The van der Waals surface area contributed by atoms with Gasteiger partial charge in [-0.05, 0) is 39.2 Å². The molecular formula is C19H28N4O6. The number of guanidine groups is 1. The maximum absolute atomic E-state index is 12.1. The van der Waals surface area contributed by atoms with Gasteiger partial charge in [0, 0.05) is 6.54 Å². The second-order valence-corrected chi connectivity index (χ2v) is 7.21. The smallest absolute Gasteiger partial charge is 0.444 e. The molecule has 0 radical (unpaired) electrons. The lowest BCUT2D eigenvalue weighted by Crippen LogP contribution is -2.43. The van der Waals surface area contributed by atoms with E-state index in [0.29, 0.717) is 0 Å². The molecule has 10 heteroatoms. The number of carbonyl (C=O) groups excluding carboxylic acids is 3. The molecule has 1 aromatic rings. The zero-order chi connectivity index (χ0) is 22.0. The number of hydrogen-bond acceptors (Lipinski definition) is 8. The van der Waals surface area contributed by atoms with Gasteiger partial charge in [-0.3, -0.25) is 5.41 Å². The fourth-order valence-corrected chi connectivity index (χ4v) is 2.12. The Morgan fingerprint density at radius 2 is 1.79 bits per heavy atom. The van der Waals surface area contributed by atoms with Crippen LogP contribution in [0.1, 0.15) is 39.2 Å². The average molecular weight is 408 g/mol. The van der Waals surface area contributed by atoms with Crippen LogP contribution in [-0.2, 0) is 25.6 Å². The molecule has 160 valence electrons. The lowest BCUT2D eigenvalue weighted by molar-refractivity contribution is -0.143. The number of benzene rings is 1. The minimum absolute atomic E-state index is 0.0103. The quantitative estimate of drug-likeness (QED) is 0.268. The molecule has 0 aromatic heterocycles. The maximum atomic E-state index is 12.1. The molecule has 0 saturated heterocycles. The SMILES string of the molecule is CC(C)(C)OC(=O)OC(=O)[C@@H](N)CCCN(C(=N)N)C(=O)OCc1ccccc1. The molecule has 0 bridgehead atoms. The van der Waals surface area contributed by atoms with Gasteiger partial charge in [0.2, 0.25) is 0 Å². The standard InChI is InChI=1S/C19H28N4O6/c1-19(2,3)29-18(26)28-15(24)14(20)10-7-11-23(16(21)22)17(25)27-12-13-8-5-4-6-9-13/h4-6,8-9,14H,7,10-12,20H2,1-3H3,(H3,21,22)/t14-/m0/s1.